The Hall–Kier alpha value is -4.47. The molecule has 3 N–H and O–H groups in total. The molecule has 0 amide bonds. The molecule has 3 aromatic rings. The minimum atomic E-state index is -2.48. The number of fused-ring (bicyclic) bond motifs is 1. The van der Waals surface area contributed by atoms with Crippen molar-refractivity contribution in [2.24, 2.45) is 0 Å². The van der Waals surface area contributed by atoms with Crippen molar-refractivity contribution in [2.75, 3.05) is 25.6 Å². The molecule has 276 valence electrons. The third-order valence-electron chi connectivity index (χ3n) is 8.73. The van der Waals surface area contributed by atoms with Crippen molar-refractivity contribution in [3.8, 4) is 5.75 Å². The molecule has 0 bridgehead atoms. The van der Waals surface area contributed by atoms with Crippen LogP contribution in [-0.2, 0) is 43.8 Å². The van der Waals surface area contributed by atoms with Gasteiger partial charge >= 0.3 is 26.4 Å². The van der Waals surface area contributed by atoms with Gasteiger partial charge in [0.25, 0.3) is 4.69 Å². The Kier molecular flexibility index (Phi) is 12.4. The lowest BCUT2D eigenvalue weighted by atomic mass is 9.85. The zero-order valence-corrected chi connectivity index (χ0v) is 29.6. The number of rotatable bonds is 16. The summed E-state index contributed by atoms with van der Waals surface area (Å²) < 4.78 is 46.3. The molecule has 0 spiro atoms. The van der Waals surface area contributed by atoms with Crippen LogP contribution >= 0.6 is 8.45 Å². The van der Waals surface area contributed by atoms with Gasteiger partial charge in [-0.25, -0.2) is 18.7 Å². The van der Waals surface area contributed by atoms with Gasteiger partial charge in [0.1, 0.15) is 36.4 Å². The predicted octanol–water partition coefficient (Wildman–Crippen LogP) is 4.39. The van der Waals surface area contributed by atoms with Gasteiger partial charge in [0, 0.05) is 12.8 Å². The Morgan fingerprint density at radius 1 is 1.10 bits per heavy atom. The van der Waals surface area contributed by atoms with Gasteiger partial charge in [-0.3, -0.25) is 14.4 Å². The van der Waals surface area contributed by atoms with E-state index in [2.05, 4.69) is 15.2 Å². The van der Waals surface area contributed by atoms with Gasteiger partial charge in [0.05, 0.1) is 17.2 Å². The topological polar surface area (TPSA) is 195 Å². The minimum absolute atomic E-state index is 0.0742. The lowest BCUT2D eigenvalue weighted by molar-refractivity contribution is -0.702. The summed E-state index contributed by atoms with van der Waals surface area (Å²) in [6, 6.07) is 10.5. The number of nitrogen functional groups attached to an aromatic ring is 1. The average Bonchev–Trinajstić information content (AvgIpc) is 3.72. The van der Waals surface area contributed by atoms with Gasteiger partial charge in [-0.15, -0.1) is 0 Å². The van der Waals surface area contributed by atoms with E-state index in [-0.39, 0.29) is 40.9 Å². The third-order valence-corrected chi connectivity index (χ3v) is 10.1. The van der Waals surface area contributed by atoms with Gasteiger partial charge in [0.2, 0.25) is 12.2 Å². The maximum Gasteiger partial charge on any atom is 0.596 e. The average molecular weight is 734 g/mol. The van der Waals surface area contributed by atoms with Crippen LogP contribution in [0.2, 0.25) is 0 Å². The quantitative estimate of drug-likeness (QED) is 0.0911. The van der Waals surface area contributed by atoms with Crippen molar-refractivity contribution in [3.05, 3.63) is 59.4 Å². The van der Waals surface area contributed by atoms with Gasteiger partial charge in [-0.1, -0.05) is 38.5 Å². The molecule has 1 saturated carbocycles. The van der Waals surface area contributed by atoms with Crippen LogP contribution in [0.15, 0.2) is 48.8 Å². The molecule has 1 saturated heterocycles. The summed E-state index contributed by atoms with van der Waals surface area (Å²) in [5.41, 5.74) is 2.41. The van der Waals surface area contributed by atoms with Crippen LogP contribution in [0.5, 0.6) is 5.75 Å². The molecule has 1 unspecified atom stereocenters. The SMILES string of the molecule is CCC(=O)O[C@@H]1[C@@](CF)(CO[N+](=O)P(N[C@@H](C)C(=O)OC2CCCCC2)Oc2ccccc2)OC[C@@]1(OC(=O)CC)c1ccc2c(N)ncnn12. The van der Waals surface area contributed by atoms with Crippen molar-refractivity contribution in [2.45, 2.75) is 95.2 Å². The number of nitrogens with one attached hydrogen (secondary N) is 1. The maximum absolute atomic E-state index is 15.5. The van der Waals surface area contributed by atoms with Crippen molar-refractivity contribution in [3.63, 3.8) is 0 Å². The number of para-hydroxylation sites is 1. The number of hydrogen-bond donors (Lipinski definition) is 2. The van der Waals surface area contributed by atoms with E-state index in [0.717, 1.165) is 32.1 Å². The second kappa shape index (κ2) is 16.7. The van der Waals surface area contributed by atoms with E-state index < -0.39 is 69.6 Å². The molecule has 5 atom stereocenters. The Morgan fingerprint density at radius 2 is 1.82 bits per heavy atom. The standard InChI is InChI=1S/C33H43FN6O10P/c1-4-27(41)48-31-32(18-34,45-20-33(31,49-28(42)5-2)26-17-16-25-29(35)36-21-37-39(25)26)19-46-40(44)51(50-24-14-10-7-11-15-24)38-22(3)30(43)47-23-12-8-6-9-13-23/h7,10-11,14-17,21-23,31,38H,4-6,8-9,12-13,18-20H2,1-3H3,(H2,35,36,37)/q+1/t22-,31+,32+,33+,51?/m0/s1. The Bertz CT molecular complexity index is 1690. The first-order chi connectivity index (χ1) is 24.6. The summed E-state index contributed by atoms with van der Waals surface area (Å²) >= 11 is 0. The highest BCUT2D eigenvalue weighted by atomic mass is 31.2. The Balaban J connectivity index is 1.44. The van der Waals surface area contributed by atoms with Gasteiger partial charge < -0.3 is 29.2 Å². The second-order valence-corrected chi connectivity index (χ2v) is 13.6. The zero-order chi connectivity index (χ0) is 36.6. The molecule has 1 aliphatic carbocycles. The highest BCUT2D eigenvalue weighted by molar-refractivity contribution is 7.43. The molecule has 2 aliphatic rings. The number of alkyl halides is 1. The summed E-state index contributed by atoms with van der Waals surface area (Å²) in [5.74, 6) is -1.67. The number of carbonyl (C=O) groups is 3. The van der Waals surface area contributed by atoms with Crippen LogP contribution in [0.3, 0.4) is 0 Å². The number of esters is 3. The van der Waals surface area contributed by atoms with E-state index in [1.54, 1.807) is 43.3 Å². The Labute approximate surface area is 294 Å². The largest absolute Gasteiger partial charge is 0.596 e. The van der Waals surface area contributed by atoms with E-state index in [0.29, 0.717) is 5.52 Å². The molecule has 1 aliphatic heterocycles. The number of halogens is 1. The third kappa shape index (κ3) is 8.37. The molecule has 5 rings (SSSR count). The van der Waals surface area contributed by atoms with Crippen molar-refractivity contribution in [1.82, 2.24) is 19.7 Å². The van der Waals surface area contributed by atoms with Crippen molar-refractivity contribution >= 4 is 37.7 Å². The molecule has 16 nitrogen and oxygen atoms in total. The summed E-state index contributed by atoms with van der Waals surface area (Å²) in [6.07, 6.45) is 3.59. The normalized spacial score (nSPS) is 23.3. The molecule has 0 radical (unpaired) electrons. The highest BCUT2D eigenvalue weighted by Gasteiger charge is 2.67. The van der Waals surface area contributed by atoms with E-state index in [9.17, 15) is 19.3 Å². The first-order valence-electron chi connectivity index (χ1n) is 16.9. The molecule has 1 aromatic carbocycles. The molecule has 2 fully saturated rings. The van der Waals surface area contributed by atoms with Crippen LogP contribution in [0.25, 0.3) is 5.52 Å². The van der Waals surface area contributed by atoms with E-state index >= 15 is 4.39 Å². The molecule has 3 heterocycles. The molecular formula is C33H43FN6O10P+. The van der Waals surface area contributed by atoms with Crippen LogP contribution in [0, 0.1) is 4.91 Å². The van der Waals surface area contributed by atoms with Crippen molar-refractivity contribution < 1.29 is 51.8 Å². The Morgan fingerprint density at radius 3 is 2.51 bits per heavy atom. The van der Waals surface area contributed by atoms with E-state index in [1.165, 1.54) is 30.8 Å². The molecular weight excluding hydrogens is 690 g/mol. The fourth-order valence-electron chi connectivity index (χ4n) is 5.97. The van der Waals surface area contributed by atoms with Gasteiger partial charge in [-0.05, 0) is 56.9 Å². The second-order valence-electron chi connectivity index (χ2n) is 12.3. The monoisotopic (exact) mass is 733 g/mol. The fraction of sp³-hybridized carbons (Fsp3) is 0.545. The summed E-state index contributed by atoms with van der Waals surface area (Å²) in [6.45, 7) is 1.93. The number of nitrogens with zero attached hydrogens (tertiary/aromatic N) is 4. The lowest BCUT2D eigenvalue weighted by Gasteiger charge is -2.37. The fourth-order valence-corrected chi connectivity index (χ4v) is 7.11. The van der Waals surface area contributed by atoms with Crippen LogP contribution in [0.1, 0.15) is 71.4 Å². The van der Waals surface area contributed by atoms with E-state index in [1.807, 2.05) is 0 Å². The smallest absolute Gasteiger partial charge is 0.461 e. The lowest BCUT2D eigenvalue weighted by Crippen LogP contribution is -2.57. The van der Waals surface area contributed by atoms with Gasteiger partial charge in [0.15, 0.2) is 17.5 Å². The zero-order valence-electron chi connectivity index (χ0n) is 28.7. The van der Waals surface area contributed by atoms with Crippen LogP contribution in [0.4, 0.5) is 10.2 Å². The molecule has 2 aromatic heterocycles. The summed E-state index contributed by atoms with van der Waals surface area (Å²) in [7, 11) is -2.48. The number of nitrogens with two attached hydrogens (primary N) is 1. The van der Waals surface area contributed by atoms with Crippen LogP contribution in [-0.4, -0.2) is 80.9 Å². The number of ether oxygens (including phenoxy) is 4. The first kappa shape index (κ1) is 37.8. The molecule has 18 heteroatoms. The summed E-state index contributed by atoms with van der Waals surface area (Å²) in [5, 5.41) is 7.09. The van der Waals surface area contributed by atoms with E-state index in [4.69, 9.17) is 34.0 Å². The highest BCUT2D eigenvalue weighted by Crippen LogP contribution is 2.47. The number of carbonyl (C=O) groups excluding carboxylic acids is 3. The van der Waals surface area contributed by atoms with Crippen molar-refractivity contribution in [1.29, 1.82) is 0 Å². The minimum Gasteiger partial charge on any atom is -0.461 e. The van der Waals surface area contributed by atoms with Crippen LogP contribution < -0.4 is 15.3 Å². The first-order valence-corrected chi connectivity index (χ1v) is 18.1. The number of hydrogen-bond acceptors (Lipinski definition) is 14. The number of aromatic nitrogens is 3. The molecule has 51 heavy (non-hydrogen) atoms. The maximum atomic E-state index is 15.5. The van der Waals surface area contributed by atoms with Gasteiger partial charge in [-0.2, -0.15) is 10.2 Å². The number of benzene rings is 1. The summed E-state index contributed by atoms with van der Waals surface area (Å²) in [4.78, 5) is 62.1. The number of anilines is 1. The predicted molar refractivity (Wildman–Crippen MR) is 179 cm³/mol.